The Balaban J connectivity index is 1.66. The predicted molar refractivity (Wildman–Crippen MR) is 125 cm³/mol. The van der Waals surface area contributed by atoms with Gasteiger partial charge >= 0.3 is 0 Å². The van der Waals surface area contributed by atoms with Crippen molar-refractivity contribution < 1.29 is 4.39 Å². The number of aryl methyl sites for hydroxylation is 1. The molecule has 8 nitrogen and oxygen atoms in total. The molecule has 0 amide bonds. The lowest BCUT2D eigenvalue weighted by Crippen LogP contribution is -2.06. The highest BCUT2D eigenvalue weighted by Gasteiger charge is 2.16. The SMILES string of the molecule is Cc1nn(Cc2ccc(F)cc2)c(Cl)c1/C=C(\C#N)c1nc(N)nc(Nc2ccccc2)n1. The molecule has 10 heteroatoms. The molecule has 0 aliphatic rings. The van der Waals surface area contributed by atoms with Crippen LogP contribution in [-0.4, -0.2) is 24.7 Å². The molecule has 33 heavy (non-hydrogen) atoms. The number of nitrogens with zero attached hydrogens (tertiary/aromatic N) is 6. The molecule has 0 spiro atoms. The van der Waals surface area contributed by atoms with Gasteiger partial charge in [-0.1, -0.05) is 41.9 Å². The highest BCUT2D eigenvalue weighted by atomic mass is 35.5. The summed E-state index contributed by atoms with van der Waals surface area (Å²) in [4.78, 5) is 12.5. The molecule has 4 aromatic rings. The Bertz CT molecular complexity index is 1360. The van der Waals surface area contributed by atoms with Crippen LogP contribution in [0.4, 0.5) is 22.0 Å². The number of para-hydroxylation sites is 1. The van der Waals surface area contributed by atoms with Crippen molar-refractivity contribution in [2.45, 2.75) is 13.5 Å². The second-order valence-electron chi connectivity index (χ2n) is 7.08. The van der Waals surface area contributed by atoms with Gasteiger partial charge in [-0.2, -0.15) is 25.3 Å². The van der Waals surface area contributed by atoms with Crippen LogP contribution >= 0.6 is 11.6 Å². The Labute approximate surface area is 194 Å². The summed E-state index contributed by atoms with van der Waals surface area (Å²) < 4.78 is 14.8. The van der Waals surface area contributed by atoms with Gasteiger partial charge in [-0.05, 0) is 42.8 Å². The highest BCUT2D eigenvalue weighted by Crippen LogP contribution is 2.26. The standard InChI is InChI=1S/C23H18ClFN8/c1-14-19(20(24)33(32-14)13-15-7-9-17(25)10-8-15)11-16(12-26)21-29-22(27)31-23(30-21)28-18-5-3-2-4-6-18/h2-11H,13H2,1H3,(H3,27,28,29,30,31)/b16-11+. The van der Waals surface area contributed by atoms with Crippen LogP contribution in [0.25, 0.3) is 11.6 Å². The van der Waals surface area contributed by atoms with Gasteiger partial charge in [0, 0.05) is 11.3 Å². The first kappa shape index (κ1) is 21.9. The minimum atomic E-state index is -0.318. The maximum Gasteiger partial charge on any atom is 0.232 e. The molecule has 0 aliphatic heterocycles. The van der Waals surface area contributed by atoms with Gasteiger partial charge in [-0.15, -0.1) is 0 Å². The van der Waals surface area contributed by atoms with Crippen molar-refractivity contribution in [1.29, 1.82) is 5.26 Å². The number of anilines is 3. The van der Waals surface area contributed by atoms with Crippen molar-refractivity contribution in [3.05, 3.63) is 88.2 Å². The van der Waals surface area contributed by atoms with E-state index < -0.39 is 0 Å². The van der Waals surface area contributed by atoms with Crippen LogP contribution in [0.5, 0.6) is 0 Å². The summed E-state index contributed by atoms with van der Waals surface area (Å²) in [6, 6.07) is 17.5. The first-order valence-electron chi connectivity index (χ1n) is 9.86. The fourth-order valence-corrected chi connectivity index (χ4v) is 3.40. The average Bonchev–Trinajstić information content (AvgIpc) is 3.06. The van der Waals surface area contributed by atoms with Crippen LogP contribution in [-0.2, 0) is 6.54 Å². The lowest BCUT2D eigenvalue weighted by molar-refractivity contribution is 0.624. The quantitative estimate of drug-likeness (QED) is 0.403. The molecule has 3 N–H and O–H groups in total. The van der Waals surface area contributed by atoms with Crippen molar-refractivity contribution in [3.8, 4) is 6.07 Å². The van der Waals surface area contributed by atoms with Crippen molar-refractivity contribution >= 4 is 40.8 Å². The molecule has 0 fully saturated rings. The summed E-state index contributed by atoms with van der Waals surface area (Å²) in [6.07, 6.45) is 1.56. The molecule has 4 rings (SSSR count). The van der Waals surface area contributed by atoms with Crippen LogP contribution in [0, 0.1) is 24.1 Å². The summed E-state index contributed by atoms with van der Waals surface area (Å²) in [5.74, 6) is -0.0409. The van der Waals surface area contributed by atoms with Crippen molar-refractivity contribution in [1.82, 2.24) is 24.7 Å². The van der Waals surface area contributed by atoms with E-state index in [0.29, 0.717) is 23.0 Å². The Hall–Kier alpha value is -4.29. The maximum atomic E-state index is 13.2. The van der Waals surface area contributed by atoms with E-state index in [1.54, 1.807) is 29.8 Å². The number of aromatic nitrogens is 5. The number of nitrogen functional groups attached to an aromatic ring is 1. The van der Waals surface area contributed by atoms with Gasteiger partial charge in [0.15, 0.2) is 5.82 Å². The van der Waals surface area contributed by atoms with E-state index in [1.165, 1.54) is 12.1 Å². The fraction of sp³-hybridized carbons (Fsp3) is 0.0870. The van der Waals surface area contributed by atoms with Gasteiger partial charge < -0.3 is 11.1 Å². The van der Waals surface area contributed by atoms with E-state index in [0.717, 1.165) is 11.3 Å². The monoisotopic (exact) mass is 460 g/mol. The van der Waals surface area contributed by atoms with Crippen LogP contribution < -0.4 is 11.1 Å². The summed E-state index contributed by atoms with van der Waals surface area (Å²) >= 11 is 6.55. The Morgan fingerprint density at radius 2 is 1.88 bits per heavy atom. The van der Waals surface area contributed by atoms with Gasteiger partial charge in [0.25, 0.3) is 0 Å². The second kappa shape index (κ2) is 9.46. The third-order valence-electron chi connectivity index (χ3n) is 4.69. The zero-order valence-electron chi connectivity index (χ0n) is 17.5. The largest absolute Gasteiger partial charge is 0.368 e. The first-order chi connectivity index (χ1) is 15.9. The second-order valence-corrected chi connectivity index (χ2v) is 7.43. The van der Waals surface area contributed by atoms with Gasteiger partial charge in [0.05, 0.1) is 17.8 Å². The van der Waals surface area contributed by atoms with Crippen molar-refractivity contribution in [2.75, 3.05) is 11.1 Å². The van der Waals surface area contributed by atoms with E-state index in [4.69, 9.17) is 17.3 Å². The number of hydrogen-bond donors (Lipinski definition) is 2. The summed E-state index contributed by atoms with van der Waals surface area (Å²) in [5, 5.41) is 17.6. The van der Waals surface area contributed by atoms with Gasteiger partial charge in [-0.3, -0.25) is 0 Å². The van der Waals surface area contributed by atoms with Gasteiger partial charge in [-0.25, -0.2) is 9.07 Å². The molecule has 0 saturated heterocycles. The number of halogens is 2. The van der Waals surface area contributed by atoms with E-state index in [2.05, 4.69) is 31.4 Å². The normalized spacial score (nSPS) is 11.3. The number of nitriles is 1. The third kappa shape index (κ3) is 5.14. The summed E-state index contributed by atoms with van der Waals surface area (Å²) in [5.41, 5.74) is 8.75. The summed E-state index contributed by atoms with van der Waals surface area (Å²) in [7, 11) is 0. The molecule has 0 radical (unpaired) electrons. The van der Waals surface area contributed by atoms with E-state index >= 15 is 0 Å². The molecule has 164 valence electrons. The van der Waals surface area contributed by atoms with Gasteiger partial charge in [0.1, 0.15) is 17.0 Å². The fourth-order valence-electron chi connectivity index (χ4n) is 3.11. The van der Waals surface area contributed by atoms with Crippen molar-refractivity contribution in [3.63, 3.8) is 0 Å². The van der Waals surface area contributed by atoms with Crippen LogP contribution in [0.2, 0.25) is 5.15 Å². The highest BCUT2D eigenvalue weighted by molar-refractivity contribution is 6.31. The van der Waals surface area contributed by atoms with Crippen molar-refractivity contribution in [2.24, 2.45) is 0 Å². The summed E-state index contributed by atoms with van der Waals surface area (Å²) in [6.45, 7) is 2.12. The Kier molecular flexibility index (Phi) is 6.29. The number of nitrogens with two attached hydrogens (primary N) is 1. The number of hydrogen-bond acceptors (Lipinski definition) is 7. The minimum absolute atomic E-state index is 0.0330. The first-order valence-corrected chi connectivity index (χ1v) is 10.2. The Morgan fingerprint density at radius 1 is 1.15 bits per heavy atom. The molecule has 0 unspecified atom stereocenters. The molecular formula is C23H18ClFN8. The zero-order valence-corrected chi connectivity index (χ0v) is 18.3. The molecule has 2 aromatic heterocycles. The molecule has 0 atom stereocenters. The third-order valence-corrected chi connectivity index (χ3v) is 5.09. The molecular weight excluding hydrogens is 443 g/mol. The maximum absolute atomic E-state index is 13.2. The lowest BCUT2D eigenvalue weighted by atomic mass is 10.1. The molecule has 2 aromatic carbocycles. The topological polar surface area (TPSA) is 118 Å². The average molecular weight is 461 g/mol. The zero-order chi connectivity index (χ0) is 23.4. The number of rotatable bonds is 6. The van der Waals surface area contributed by atoms with Crippen LogP contribution in [0.15, 0.2) is 54.6 Å². The van der Waals surface area contributed by atoms with Crippen LogP contribution in [0.3, 0.4) is 0 Å². The smallest absolute Gasteiger partial charge is 0.232 e. The van der Waals surface area contributed by atoms with Gasteiger partial charge in [0.2, 0.25) is 11.9 Å². The molecule has 0 saturated carbocycles. The number of benzene rings is 2. The Morgan fingerprint density at radius 3 is 2.58 bits per heavy atom. The predicted octanol–water partition coefficient (Wildman–Crippen LogP) is 4.61. The minimum Gasteiger partial charge on any atom is -0.368 e. The van der Waals surface area contributed by atoms with Crippen LogP contribution in [0.1, 0.15) is 22.6 Å². The molecule has 0 bridgehead atoms. The number of nitrogens with one attached hydrogen (secondary N) is 1. The van der Waals surface area contributed by atoms with E-state index in [1.807, 2.05) is 30.3 Å². The number of allylic oxidation sites excluding steroid dienone is 1. The van der Waals surface area contributed by atoms with E-state index in [-0.39, 0.29) is 29.1 Å². The lowest BCUT2D eigenvalue weighted by Gasteiger charge is -2.07. The van der Waals surface area contributed by atoms with E-state index in [9.17, 15) is 9.65 Å². The molecule has 0 aliphatic carbocycles. The molecule has 2 heterocycles.